The Morgan fingerprint density at radius 2 is 1.63 bits per heavy atom. The molecule has 0 aliphatic carbocycles. The minimum Gasteiger partial charge on any atom is -0.463 e. The third kappa shape index (κ3) is 20.8. The lowest BCUT2D eigenvalue weighted by Crippen LogP contribution is -2.27. The minimum absolute atomic E-state index is 0. The maximum atomic E-state index is 10.1. The molecule has 0 bridgehead atoms. The van der Waals surface area contributed by atoms with Crippen LogP contribution in [0, 0.1) is 19.3 Å². The molecule has 0 saturated heterocycles. The number of ether oxygens (including phenoxy) is 1. The average Bonchev–Trinajstić information content (AvgIpc) is 3.44. The van der Waals surface area contributed by atoms with Crippen molar-refractivity contribution >= 4 is 36.2 Å². The smallest absolute Gasteiger partial charge is 0.330 e. The molecule has 0 aliphatic heterocycles. The lowest BCUT2D eigenvalue weighted by molar-refractivity contribution is -0.137. The van der Waals surface area contributed by atoms with Gasteiger partial charge >= 0.3 is 5.97 Å². The number of nitrogens with two attached hydrogens (primary N) is 4. The first-order valence-electron chi connectivity index (χ1n) is 11.1. The summed E-state index contributed by atoms with van der Waals surface area (Å²) >= 11 is 0. The summed E-state index contributed by atoms with van der Waals surface area (Å²) in [5.74, 6) is 13.2. The van der Waals surface area contributed by atoms with Crippen molar-refractivity contribution in [3.05, 3.63) is 91.2 Å². The molecule has 13 N–H and O–H groups in total. The number of nitrogens with zero attached hydrogens (tertiary/aromatic N) is 4. The molecule has 0 saturated carbocycles. The van der Waals surface area contributed by atoms with Crippen LogP contribution in [-0.2, 0) is 14.3 Å². The number of aryl methyl sites for hydroxylation is 2. The van der Waals surface area contributed by atoms with E-state index >= 15 is 0 Å². The number of pyridine rings is 2. The Morgan fingerprint density at radius 1 is 1.07 bits per heavy atom. The number of aromatic amines is 1. The SMILES string of the molecule is C=CC(=O)NN.C=CC(=O)OCC.C=Cc1nc(-c2cc(C)ccn2)n[nH]1.Cc1ccnc(C(=N)N)c1.Cl.NN.O. The summed E-state index contributed by atoms with van der Waals surface area (Å²) in [6.45, 7) is 16.1. The molecule has 0 aromatic carbocycles. The average molecular weight is 594 g/mol. The molecule has 0 aliphatic rings. The summed E-state index contributed by atoms with van der Waals surface area (Å²) < 4.78 is 4.43. The molecule has 41 heavy (non-hydrogen) atoms. The number of hydrazine groups is 2. The second-order valence-corrected chi connectivity index (χ2v) is 6.77. The number of nitrogens with one attached hydrogen (secondary N) is 3. The monoisotopic (exact) mass is 593 g/mol. The zero-order valence-electron chi connectivity index (χ0n) is 23.3. The number of carbonyl (C=O) groups excluding carboxylic acids is 2. The Kier molecular flexibility index (Phi) is 28.3. The van der Waals surface area contributed by atoms with E-state index in [9.17, 15) is 9.59 Å². The van der Waals surface area contributed by atoms with Crippen LogP contribution in [0.3, 0.4) is 0 Å². The molecule has 3 aromatic rings. The predicted octanol–water partition coefficient (Wildman–Crippen LogP) is 0.806. The summed E-state index contributed by atoms with van der Waals surface area (Å²) in [5, 5.41) is 13.8. The number of H-pyrrole nitrogens is 1. The van der Waals surface area contributed by atoms with Crippen LogP contribution < -0.4 is 28.7 Å². The van der Waals surface area contributed by atoms with Gasteiger partial charge in [-0.2, -0.15) is 5.10 Å². The molecule has 3 aromatic heterocycles. The molecule has 0 atom stereocenters. The zero-order chi connectivity index (χ0) is 30.2. The molecule has 0 radical (unpaired) electrons. The standard InChI is InChI=1S/C10H10N4.C7H9N3.C5H8O2.C3H6N2O.ClH.H4N2.H2O/c1-3-9-12-10(14-13-9)8-6-7(2)4-5-11-8;1-5-2-3-10-6(4-5)7(8)9;1-3-5(6)7-4-2;1-2-3(6)5-4;;1-2;/h3-6H,1H2,2H3,(H,12,13,14);2-4H,1H3,(H3,8,9);3H,1,4H2,2H3;2H,1,4H2,(H,5,6);1H;1-2H2;1H2. The Hall–Kier alpha value is -4.80. The van der Waals surface area contributed by atoms with Crippen LogP contribution in [0.15, 0.2) is 68.5 Å². The number of hydrogen-bond acceptors (Lipinski definition) is 11. The first-order valence-corrected chi connectivity index (χ1v) is 11.1. The molecule has 0 unspecified atom stereocenters. The molecule has 16 heteroatoms. The van der Waals surface area contributed by atoms with E-state index in [0.29, 0.717) is 23.9 Å². The van der Waals surface area contributed by atoms with Crippen molar-refractivity contribution < 1.29 is 19.8 Å². The highest BCUT2D eigenvalue weighted by Gasteiger charge is 2.04. The van der Waals surface area contributed by atoms with Gasteiger partial charge in [0.25, 0.3) is 5.91 Å². The maximum Gasteiger partial charge on any atom is 0.330 e. The normalized spacial score (nSPS) is 8.15. The van der Waals surface area contributed by atoms with Gasteiger partial charge in [-0.05, 0) is 68.3 Å². The van der Waals surface area contributed by atoms with Gasteiger partial charge in [0.1, 0.15) is 23.0 Å². The number of amidine groups is 1. The number of esters is 1. The summed E-state index contributed by atoms with van der Waals surface area (Å²) in [5.41, 5.74) is 10.6. The number of halogens is 1. The van der Waals surface area contributed by atoms with Gasteiger partial charge in [-0.15, -0.1) is 12.4 Å². The first-order chi connectivity index (χ1) is 18.6. The van der Waals surface area contributed by atoms with Gasteiger partial charge in [-0.1, -0.05) is 19.7 Å². The lowest BCUT2D eigenvalue weighted by Gasteiger charge is -1.96. The Morgan fingerprint density at radius 3 is 1.95 bits per heavy atom. The van der Waals surface area contributed by atoms with Crippen molar-refractivity contribution in [1.29, 1.82) is 5.41 Å². The van der Waals surface area contributed by atoms with E-state index in [1.807, 2.05) is 37.5 Å². The van der Waals surface area contributed by atoms with Crippen LogP contribution in [0.25, 0.3) is 17.6 Å². The van der Waals surface area contributed by atoms with Gasteiger partial charge in [-0.25, -0.2) is 15.6 Å². The zero-order valence-corrected chi connectivity index (χ0v) is 24.1. The molecule has 0 spiro atoms. The van der Waals surface area contributed by atoms with E-state index in [4.69, 9.17) is 11.1 Å². The van der Waals surface area contributed by atoms with Crippen LogP contribution in [0.5, 0.6) is 0 Å². The van der Waals surface area contributed by atoms with Crippen molar-refractivity contribution in [1.82, 2.24) is 30.6 Å². The van der Waals surface area contributed by atoms with Crippen LogP contribution in [0.1, 0.15) is 29.6 Å². The summed E-state index contributed by atoms with van der Waals surface area (Å²) in [4.78, 5) is 32.2. The topological polar surface area (TPSA) is 282 Å². The largest absolute Gasteiger partial charge is 0.463 e. The van der Waals surface area contributed by atoms with Crippen LogP contribution in [0.2, 0.25) is 0 Å². The molecule has 15 nitrogen and oxygen atoms in total. The number of rotatable bonds is 6. The summed E-state index contributed by atoms with van der Waals surface area (Å²) in [6.07, 6.45) is 7.25. The number of aromatic nitrogens is 5. The summed E-state index contributed by atoms with van der Waals surface area (Å²) in [7, 11) is 0. The molecule has 226 valence electrons. The number of carbonyl (C=O) groups is 2. The second-order valence-electron chi connectivity index (χ2n) is 6.77. The van der Waals surface area contributed by atoms with E-state index in [1.54, 1.807) is 31.5 Å². The fraction of sp³-hybridized carbons (Fsp3) is 0.160. The lowest BCUT2D eigenvalue weighted by atomic mass is 10.2. The molecule has 3 heterocycles. The van der Waals surface area contributed by atoms with Gasteiger partial charge in [-0.3, -0.25) is 42.4 Å². The minimum atomic E-state index is -0.366. The van der Waals surface area contributed by atoms with Crippen molar-refractivity contribution in [2.45, 2.75) is 20.8 Å². The number of amides is 1. The third-order valence-electron chi connectivity index (χ3n) is 3.81. The summed E-state index contributed by atoms with van der Waals surface area (Å²) in [6, 6.07) is 7.52. The van der Waals surface area contributed by atoms with Crippen molar-refractivity contribution in [2.75, 3.05) is 6.61 Å². The van der Waals surface area contributed by atoms with Crippen LogP contribution in [0.4, 0.5) is 0 Å². The van der Waals surface area contributed by atoms with Gasteiger partial charge in [0.05, 0.1) is 6.61 Å². The van der Waals surface area contributed by atoms with Crippen molar-refractivity contribution in [3.63, 3.8) is 0 Å². The number of hydrogen-bond donors (Lipinski definition) is 7. The molecule has 1 amide bonds. The van der Waals surface area contributed by atoms with E-state index in [0.717, 1.165) is 29.0 Å². The highest BCUT2D eigenvalue weighted by atomic mass is 35.5. The van der Waals surface area contributed by atoms with E-state index in [1.165, 1.54) is 0 Å². The van der Waals surface area contributed by atoms with Gasteiger partial charge in [0.2, 0.25) is 0 Å². The van der Waals surface area contributed by atoms with Crippen molar-refractivity contribution in [3.8, 4) is 11.5 Å². The van der Waals surface area contributed by atoms with E-state index in [2.05, 4.69) is 67.2 Å². The van der Waals surface area contributed by atoms with E-state index < -0.39 is 0 Å². The highest BCUT2D eigenvalue weighted by Crippen LogP contribution is 2.12. The van der Waals surface area contributed by atoms with Crippen LogP contribution >= 0.6 is 12.4 Å². The molecule has 0 fully saturated rings. The number of nitrogen functional groups attached to an aromatic ring is 1. The van der Waals surface area contributed by atoms with Gasteiger partial charge in [0.15, 0.2) is 5.82 Å². The molecular formula is C25H40ClN11O4. The third-order valence-corrected chi connectivity index (χ3v) is 3.81. The highest BCUT2D eigenvalue weighted by molar-refractivity contribution is 5.93. The quantitative estimate of drug-likeness (QED) is 0.0399. The first kappa shape index (κ1) is 43.3. The second kappa shape index (κ2) is 26.8. The molecule has 3 rings (SSSR count). The fourth-order valence-corrected chi connectivity index (χ4v) is 2.08. The fourth-order valence-electron chi connectivity index (χ4n) is 2.08. The van der Waals surface area contributed by atoms with Gasteiger partial charge in [0, 0.05) is 18.5 Å². The Balaban J connectivity index is -0.000000226. The van der Waals surface area contributed by atoms with Crippen molar-refractivity contribution in [2.24, 2.45) is 23.3 Å². The van der Waals surface area contributed by atoms with Crippen LogP contribution in [-0.4, -0.2) is 54.9 Å². The van der Waals surface area contributed by atoms with E-state index in [-0.39, 0.29) is 35.6 Å². The predicted molar refractivity (Wildman–Crippen MR) is 163 cm³/mol. The Labute approximate surface area is 245 Å². The molecular weight excluding hydrogens is 554 g/mol. The van der Waals surface area contributed by atoms with Gasteiger partial charge < -0.3 is 15.9 Å². The maximum absolute atomic E-state index is 10.1. The Bertz CT molecular complexity index is 1200.